The van der Waals surface area contributed by atoms with Gasteiger partial charge in [0.15, 0.2) is 9.84 Å². The van der Waals surface area contributed by atoms with Crippen molar-refractivity contribution in [2.75, 3.05) is 33.1 Å². The van der Waals surface area contributed by atoms with E-state index in [9.17, 15) is 8.42 Å². The number of methoxy groups -OCH3 is 1. The van der Waals surface area contributed by atoms with Crippen molar-refractivity contribution in [3.8, 4) is 0 Å². The molecule has 0 saturated carbocycles. The lowest BCUT2D eigenvalue weighted by molar-refractivity contribution is 0.198. The zero-order valence-corrected chi connectivity index (χ0v) is 13.2. The van der Waals surface area contributed by atoms with Crippen LogP contribution in [0.25, 0.3) is 0 Å². The van der Waals surface area contributed by atoms with Gasteiger partial charge in [-0.05, 0) is 24.6 Å². The molecule has 1 aromatic carbocycles. The second kappa shape index (κ2) is 8.36. The Kier molecular flexibility index (Phi) is 7.15. The van der Waals surface area contributed by atoms with Crippen molar-refractivity contribution in [3.63, 3.8) is 0 Å². The Morgan fingerprint density at radius 1 is 1.25 bits per heavy atom. The molecule has 1 atom stereocenters. The molecule has 2 N–H and O–H groups in total. The smallest absolute Gasteiger partial charge is 0.175 e. The van der Waals surface area contributed by atoms with Gasteiger partial charge in [0.1, 0.15) is 0 Å². The average Bonchev–Trinajstić information content (AvgIpc) is 2.41. The lowest BCUT2D eigenvalue weighted by Gasteiger charge is -2.14. The number of ether oxygens (including phenoxy) is 1. The predicted molar refractivity (Wildman–Crippen MR) is 80.6 cm³/mol. The van der Waals surface area contributed by atoms with Crippen LogP contribution in [0.5, 0.6) is 0 Å². The highest BCUT2D eigenvalue weighted by Crippen LogP contribution is 2.10. The van der Waals surface area contributed by atoms with Crippen molar-refractivity contribution in [2.24, 2.45) is 0 Å². The topological polar surface area (TPSA) is 67.4 Å². The summed E-state index contributed by atoms with van der Waals surface area (Å²) in [6, 6.07) is 7.31. The maximum absolute atomic E-state index is 11.3. The predicted octanol–water partition coefficient (Wildman–Crippen LogP) is 0.804. The van der Waals surface area contributed by atoms with Crippen LogP contribution in [-0.2, 0) is 21.1 Å². The molecule has 114 valence electrons. The molecule has 0 radical (unpaired) electrons. The molecule has 0 amide bonds. The molecule has 0 bridgehead atoms. The summed E-state index contributed by atoms with van der Waals surface area (Å²) in [7, 11) is -1.43. The fourth-order valence-electron chi connectivity index (χ4n) is 1.71. The Labute approximate surface area is 121 Å². The quantitative estimate of drug-likeness (QED) is 0.661. The van der Waals surface area contributed by atoms with Crippen molar-refractivity contribution in [1.29, 1.82) is 0 Å². The minimum atomic E-state index is -3.11. The minimum Gasteiger partial charge on any atom is -0.383 e. The molecule has 0 fully saturated rings. The Morgan fingerprint density at radius 3 is 2.45 bits per heavy atom. The Morgan fingerprint density at radius 2 is 1.90 bits per heavy atom. The second-order valence-corrected chi connectivity index (χ2v) is 6.91. The number of benzene rings is 1. The van der Waals surface area contributed by atoms with Gasteiger partial charge in [-0.15, -0.1) is 0 Å². The summed E-state index contributed by atoms with van der Waals surface area (Å²) in [5.41, 5.74) is 1.07. The van der Waals surface area contributed by atoms with E-state index >= 15 is 0 Å². The average molecular weight is 300 g/mol. The molecule has 20 heavy (non-hydrogen) atoms. The maximum atomic E-state index is 11.3. The van der Waals surface area contributed by atoms with Gasteiger partial charge in [0, 0.05) is 39.0 Å². The van der Waals surface area contributed by atoms with Gasteiger partial charge in [0.2, 0.25) is 0 Å². The van der Waals surface area contributed by atoms with E-state index in [2.05, 4.69) is 17.6 Å². The summed E-state index contributed by atoms with van der Waals surface area (Å²) in [4.78, 5) is 0.357. The first-order chi connectivity index (χ1) is 9.43. The zero-order chi connectivity index (χ0) is 15.0. The van der Waals surface area contributed by atoms with Gasteiger partial charge in [0.05, 0.1) is 11.5 Å². The van der Waals surface area contributed by atoms with Crippen LogP contribution >= 0.6 is 0 Å². The van der Waals surface area contributed by atoms with Crippen molar-refractivity contribution in [2.45, 2.75) is 24.4 Å². The third-order valence-electron chi connectivity index (χ3n) is 2.94. The number of nitrogens with one attached hydrogen (secondary N) is 2. The van der Waals surface area contributed by atoms with E-state index in [0.717, 1.165) is 25.2 Å². The monoisotopic (exact) mass is 300 g/mol. The van der Waals surface area contributed by atoms with E-state index in [1.807, 2.05) is 12.1 Å². The molecule has 1 unspecified atom stereocenters. The van der Waals surface area contributed by atoms with Gasteiger partial charge in [0.25, 0.3) is 0 Å². The standard InChI is InChI=1S/C14H24N2O3S/c1-12(10-15-8-9-19-2)16-11-13-4-6-14(7-5-13)20(3,17)18/h4-7,12,15-16H,8-11H2,1-3H3. The molecule has 0 aliphatic carbocycles. The van der Waals surface area contributed by atoms with Crippen LogP contribution in [0.3, 0.4) is 0 Å². The van der Waals surface area contributed by atoms with Crippen LogP contribution in [0.1, 0.15) is 12.5 Å². The highest BCUT2D eigenvalue weighted by molar-refractivity contribution is 7.90. The lowest BCUT2D eigenvalue weighted by Crippen LogP contribution is -2.37. The molecule has 0 aliphatic heterocycles. The minimum absolute atomic E-state index is 0.335. The Hall–Kier alpha value is -0.950. The Balaban J connectivity index is 2.35. The number of rotatable bonds is 9. The van der Waals surface area contributed by atoms with E-state index in [1.165, 1.54) is 6.26 Å². The van der Waals surface area contributed by atoms with E-state index in [0.29, 0.717) is 17.5 Å². The maximum Gasteiger partial charge on any atom is 0.175 e. The molecule has 1 rings (SSSR count). The van der Waals surface area contributed by atoms with Crippen molar-refractivity contribution < 1.29 is 13.2 Å². The van der Waals surface area contributed by atoms with E-state index in [4.69, 9.17) is 4.74 Å². The van der Waals surface area contributed by atoms with Gasteiger partial charge < -0.3 is 15.4 Å². The first-order valence-electron chi connectivity index (χ1n) is 6.65. The van der Waals surface area contributed by atoms with Crippen LogP contribution in [-0.4, -0.2) is 47.5 Å². The van der Waals surface area contributed by atoms with Gasteiger partial charge >= 0.3 is 0 Å². The van der Waals surface area contributed by atoms with Gasteiger partial charge in [-0.2, -0.15) is 0 Å². The van der Waals surface area contributed by atoms with Crippen molar-refractivity contribution in [3.05, 3.63) is 29.8 Å². The zero-order valence-electron chi connectivity index (χ0n) is 12.3. The number of sulfone groups is 1. The Bertz CT molecular complexity index is 486. The first kappa shape index (κ1) is 17.1. The molecule has 0 aromatic heterocycles. The molecule has 0 heterocycles. The van der Waals surface area contributed by atoms with Crippen LogP contribution in [0.15, 0.2) is 29.2 Å². The first-order valence-corrected chi connectivity index (χ1v) is 8.54. The van der Waals surface area contributed by atoms with Gasteiger partial charge in [-0.25, -0.2) is 8.42 Å². The molecule has 1 aromatic rings. The molecule has 6 heteroatoms. The normalized spacial score (nSPS) is 13.3. The molecule has 0 saturated heterocycles. The second-order valence-electron chi connectivity index (χ2n) is 4.89. The molecule has 0 aliphatic rings. The highest BCUT2D eigenvalue weighted by atomic mass is 32.2. The van der Waals surface area contributed by atoms with E-state index < -0.39 is 9.84 Å². The van der Waals surface area contributed by atoms with Crippen molar-refractivity contribution >= 4 is 9.84 Å². The summed E-state index contributed by atoms with van der Waals surface area (Å²) < 4.78 is 27.7. The number of hydrogen-bond donors (Lipinski definition) is 2. The molecule has 5 nitrogen and oxygen atoms in total. The molecular weight excluding hydrogens is 276 g/mol. The summed E-state index contributed by atoms with van der Waals surface area (Å²) >= 11 is 0. The van der Waals surface area contributed by atoms with Gasteiger partial charge in [-0.1, -0.05) is 12.1 Å². The molecular formula is C14H24N2O3S. The van der Waals surface area contributed by atoms with Crippen LogP contribution in [0, 0.1) is 0 Å². The summed E-state index contributed by atoms with van der Waals surface area (Å²) in [5, 5.41) is 6.67. The fraction of sp³-hybridized carbons (Fsp3) is 0.571. The third-order valence-corrected chi connectivity index (χ3v) is 4.07. The fourth-order valence-corrected chi connectivity index (χ4v) is 2.34. The summed E-state index contributed by atoms with van der Waals surface area (Å²) in [5.74, 6) is 0. The molecule has 0 spiro atoms. The van der Waals surface area contributed by atoms with E-state index in [-0.39, 0.29) is 0 Å². The van der Waals surface area contributed by atoms with Crippen LogP contribution in [0.4, 0.5) is 0 Å². The summed E-state index contributed by atoms with van der Waals surface area (Å²) in [6.45, 7) is 5.23. The van der Waals surface area contributed by atoms with Crippen LogP contribution < -0.4 is 10.6 Å². The highest BCUT2D eigenvalue weighted by Gasteiger charge is 2.06. The lowest BCUT2D eigenvalue weighted by atomic mass is 10.2. The SMILES string of the molecule is COCCNCC(C)NCc1ccc(S(C)(=O)=O)cc1. The third kappa shape index (κ3) is 6.47. The van der Waals surface area contributed by atoms with Gasteiger partial charge in [-0.3, -0.25) is 0 Å². The van der Waals surface area contributed by atoms with E-state index in [1.54, 1.807) is 19.2 Å². The van der Waals surface area contributed by atoms with Crippen LogP contribution in [0.2, 0.25) is 0 Å². The number of hydrogen-bond acceptors (Lipinski definition) is 5. The largest absolute Gasteiger partial charge is 0.383 e. The summed E-state index contributed by atoms with van der Waals surface area (Å²) in [6.07, 6.45) is 1.22. The van der Waals surface area contributed by atoms with Crippen molar-refractivity contribution in [1.82, 2.24) is 10.6 Å².